The van der Waals surface area contributed by atoms with Crippen molar-refractivity contribution in [3.05, 3.63) is 35.4 Å². The quantitative estimate of drug-likeness (QED) is 0.0309. The Morgan fingerprint density at radius 3 is 1.02 bits per heavy atom. The third-order valence-corrected chi connectivity index (χ3v) is 15.1. The van der Waals surface area contributed by atoms with Crippen LogP contribution in [0.5, 0.6) is 0 Å². The number of nitrogens with one attached hydrogen (secondary N) is 5. The van der Waals surface area contributed by atoms with Gasteiger partial charge in [-0.1, -0.05) is 38.1 Å². The summed E-state index contributed by atoms with van der Waals surface area (Å²) in [6.45, 7) is -0.0113. The van der Waals surface area contributed by atoms with Gasteiger partial charge in [-0.2, -0.15) is 0 Å². The summed E-state index contributed by atoms with van der Waals surface area (Å²) in [5.41, 5.74) is 1.33. The molecule has 2 heterocycles. The molecule has 9 N–H and O–H groups in total. The largest absolute Gasteiger partial charge is 0.549 e. The predicted molar refractivity (Wildman–Crippen MR) is 306 cm³/mol. The number of rotatable bonds is 34. The van der Waals surface area contributed by atoms with Crippen molar-refractivity contribution >= 4 is 71.4 Å². The smallest absolute Gasteiger partial charge is 0.317 e. The van der Waals surface area contributed by atoms with Crippen LogP contribution in [-0.2, 0) is 70.6 Å². The number of amides is 4. The first-order valence-electron chi connectivity index (χ1n) is 29.5. The molecular weight excluding hydrogens is 1490 g/mol. The summed E-state index contributed by atoms with van der Waals surface area (Å²) in [7, 11) is 1.70. The zero-order valence-electron chi connectivity index (χ0n) is 51.5. The van der Waals surface area contributed by atoms with E-state index < -0.39 is 161 Å². The van der Waals surface area contributed by atoms with Crippen LogP contribution in [0.25, 0.3) is 0 Å². The first kappa shape index (κ1) is 84.2. The molecule has 2 saturated heterocycles. The van der Waals surface area contributed by atoms with E-state index in [0.717, 1.165) is 5.56 Å². The molecule has 3 rings (SSSR count). The summed E-state index contributed by atoms with van der Waals surface area (Å²) in [5.74, 6) is -13.4. The summed E-state index contributed by atoms with van der Waals surface area (Å²) in [4.78, 5) is 162. The van der Waals surface area contributed by atoms with E-state index in [2.05, 4.69) is 26.6 Å². The number of carboxylic acids is 8. The zero-order chi connectivity index (χ0) is 66.2. The van der Waals surface area contributed by atoms with Crippen LogP contribution in [0.4, 0.5) is 0 Å². The monoisotopic (exact) mass is 1580 g/mol. The fraction of sp³-hybridized carbons (Fsp3) is 0.679. The van der Waals surface area contributed by atoms with E-state index >= 15 is 0 Å². The molecule has 2 fully saturated rings. The van der Waals surface area contributed by atoms with Crippen LogP contribution in [0.1, 0.15) is 57.1 Å². The summed E-state index contributed by atoms with van der Waals surface area (Å²) in [6, 6.07) is 1.84. The van der Waals surface area contributed by atoms with Gasteiger partial charge < -0.3 is 86.6 Å². The maximum atomic E-state index is 14.0. The average Bonchev–Trinajstić information content (AvgIpc) is 3.21. The van der Waals surface area contributed by atoms with E-state index in [1.807, 2.05) is 13.8 Å². The Bertz CT molecular complexity index is 2460. The third kappa shape index (κ3) is 35.8. The van der Waals surface area contributed by atoms with E-state index in [1.54, 1.807) is 31.3 Å². The topological polar surface area (TPSA) is 464 Å². The minimum absolute atomic E-state index is 0. The maximum Gasteiger partial charge on any atom is 0.317 e. The molecule has 2 aliphatic rings. The van der Waals surface area contributed by atoms with E-state index in [-0.39, 0.29) is 210 Å². The number of carboxylic acid groups (broad SMARTS) is 8. The summed E-state index contributed by atoms with van der Waals surface area (Å²) < 4.78 is 0. The Balaban J connectivity index is 0.0000207. The van der Waals surface area contributed by atoms with Crippen molar-refractivity contribution in [1.29, 1.82) is 0 Å². The minimum Gasteiger partial charge on any atom is -0.549 e. The molecule has 0 radical (unpaired) electrons. The Morgan fingerprint density at radius 1 is 0.440 bits per heavy atom. The fourth-order valence-corrected chi connectivity index (χ4v) is 10.2. The molecule has 4 amide bonds. The standard InChI is InChI=1S/C56H91N13O20.2Gd/c1-38(2)28-41(57-3)53(84)59-29-39-4-6-40(7-5-39)30-60-54(85)42(61-46(71)11-9-44(56(88)89)69-26-22-66(36-51(80)81)18-14-63(33-48(74)75)15-19-67(23-27-69)37-52(82)83)31-58-45(70)10-8-43(55(86)87)68-24-20-64(34-49(76)77)16-12-62(32-47(72)73)13-17-65(21-25-68)35-50(78)79;;/h4-7,38,41-44,57H,8-37H2,1-3H3,(H,58,70)(H,59,84)(H,60,85)(H,61,71)(H,72,73)(H,74,75)(H,76,77)(H,78,79)(H,80,81)(H,82,83)(H,86,87)(H,88,89);;/p-4/t41-,42-,43?,44?;;/m0../s1. The van der Waals surface area contributed by atoms with Gasteiger partial charge in [0.25, 0.3) is 0 Å². The minimum atomic E-state index is -1.64. The number of hydrogen-bond donors (Lipinski definition) is 9. The molecule has 4 atom stereocenters. The van der Waals surface area contributed by atoms with Crippen molar-refractivity contribution in [2.24, 2.45) is 5.92 Å². The number of benzene rings is 1. The molecular formula is C56H87Gd2N13O20-4. The van der Waals surface area contributed by atoms with Crippen molar-refractivity contribution in [2.75, 3.05) is 158 Å². The average molecular weight is 1580 g/mol. The van der Waals surface area contributed by atoms with E-state index in [0.29, 0.717) is 12.0 Å². The molecule has 91 heavy (non-hydrogen) atoms. The van der Waals surface area contributed by atoms with Crippen molar-refractivity contribution in [1.82, 2.24) is 65.8 Å². The van der Waals surface area contributed by atoms with Crippen LogP contribution < -0.4 is 47.0 Å². The number of hydrogen-bond acceptors (Lipinski definition) is 25. The van der Waals surface area contributed by atoms with Crippen LogP contribution in [0, 0.1) is 85.8 Å². The molecule has 0 aromatic heterocycles. The molecule has 0 saturated carbocycles. The Kier molecular flexibility index (Phi) is 42.1. The Morgan fingerprint density at radius 2 is 0.736 bits per heavy atom. The van der Waals surface area contributed by atoms with Crippen molar-refractivity contribution in [3.8, 4) is 0 Å². The normalized spacial score (nSPS) is 17.6. The second-order valence-electron chi connectivity index (χ2n) is 22.4. The van der Waals surface area contributed by atoms with Gasteiger partial charge in [0.15, 0.2) is 0 Å². The molecule has 516 valence electrons. The van der Waals surface area contributed by atoms with Gasteiger partial charge in [-0.3, -0.25) is 77.6 Å². The predicted octanol–water partition coefficient (Wildman–Crippen LogP) is -9.77. The molecule has 0 aliphatic carbocycles. The van der Waals surface area contributed by atoms with Crippen LogP contribution in [0.3, 0.4) is 0 Å². The molecule has 0 spiro atoms. The molecule has 1 aromatic rings. The van der Waals surface area contributed by atoms with Gasteiger partial charge in [0.2, 0.25) is 23.6 Å². The third-order valence-electron chi connectivity index (χ3n) is 15.1. The van der Waals surface area contributed by atoms with Gasteiger partial charge in [0.1, 0.15) is 6.04 Å². The maximum absolute atomic E-state index is 14.0. The van der Waals surface area contributed by atoms with Gasteiger partial charge in [-0.15, -0.1) is 0 Å². The number of likely N-dealkylation sites (N-methyl/N-ethyl adjacent to an activating group) is 1. The van der Waals surface area contributed by atoms with Gasteiger partial charge >= 0.3 is 23.9 Å². The first-order valence-corrected chi connectivity index (χ1v) is 29.5. The van der Waals surface area contributed by atoms with Crippen LogP contribution in [0.15, 0.2) is 24.3 Å². The Labute approximate surface area is 592 Å². The van der Waals surface area contributed by atoms with E-state index in [4.69, 9.17) is 0 Å². The number of carbonyl (C=O) groups excluding carboxylic acids is 8. The van der Waals surface area contributed by atoms with Gasteiger partial charge in [-0.25, -0.2) is 0 Å². The zero-order valence-corrected chi connectivity index (χ0v) is 56.1. The molecule has 0 bridgehead atoms. The van der Waals surface area contributed by atoms with E-state index in [9.17, 15) is 98.4 Å². The van der Waals surface area contributed by atoms with Crippen LogP contribution in [-0.4, -0.2) is 313 Å². The van der Waals surface area contributed by atoms with Crippen molar-refractivity contribution in [3.63, 3.8) is 0 Å². The SMILES string of the molecule is CN[C@@H](CC(C)C)C(=O)NCc1ccc(CNC(=O)[C@H](CNC(=O)CCC(C(=O)[O-])N2CCN(CC(=O)[O-])CCN(CC(=O)O)CCN(CC(=O)O)CC2)NC(=O)CCC(C(=O)[O-])N2CCN(CC(=O)[O-])CCN(CC(=O)O)CCN(CC(=O)O)CC2)cc1.[Gd].[Gd]. The van der Waals surface area contributed by atoms with Crippen LogP contribution in [0.2, 0.25) is 0 Å². The number of carbonyl (C=O) groups is 12. The molecule has 33 nitrogen and oxygen atoms in total. The second-order valence-corrected chi connectivity index (χ2v) is 22.4. The molecule has 35 heteroatoms. The van der Waals surface area contributed by atoms with Crippen LogP contribution >= 0.6 is 0 Å². The fourth-order valence-electron chi connectivity index (χ4n) is 10.2. The molecule has 2 aliphatic heterocycles. The van der Waals surface area contributed by atoms with Gasteiger partial charge in [0, 0.05) is 242 Å². The second kappa shape index (κ2) is 45.5. The number of nitrogens with zero attached hydrogens (tertiary/aromatic N) is 8. The number of aliphatic carboxylic acids is 8. The summed E-state index contributed by atoms with van der Waals surface area (Å²) in [5, 5.41) is 101. The van der Waals surface area contributed by atoms with Gasteiger partial charge in [0.05, 0.1) is 56.1 Å². The molecule has 1 aromatic carbocycles. The summed E-state index contributed by atoms with van der Waals surface area (Å²) in [6.07, 6.45) is -1.34. The molecule has 2 unspecified atom stereocenters. The first-order chi connectivity index (χ1) is 42.1. The van der Waals surface area contributed by atoms with Crippen molar-refractivity contribution in [2.45, 2.75) is 83.2 Å². The van der Waals surface area contributed by atoms with E-state index in [1.165, 1.54) is 39.2 Å². The van der Waals surface area contributed by atoms with Crippen molar-refractivity contribution < 1.29 is 178 Å². The Hall–Kier alpha value is -4.85. The van der Waals surface area contributed by atoms with Gasteiger partial charge in [-0.05, 0) is 43.4 Å². The summed E-state index contributed by atoms with van der Waals surface area (Å²) >= 11 is 0.